The van der Waals surface area contributed by atoms with Crippen molar-refractivity contribution in [2.24, 2.45) is 0 Å². The quantitative estimate of drug-likeness (QED) is 0.179. The van der Waals surface area contributed by atoms with Gasteiger partial charge in [0.25, 0.3) is 5.56 Å². The zero-order valence-corrected chi connectivity index (χ0v) is 26.1. The highest BCUT2D eigenvalue weighted by molar-refractivity contribution is 7.89. The maximum Gasteiger partial charge on any atom is 0.266 e. The summed E-state index contributed by atoms with van der Waals surface area (Å²) in [6.07, 6.45) is 0.495. The predicted molar refractivity (Wildman–Crippen MR) is 172 cm³/mol. The summed E-state index contributed by atoms with van der Waals surface area (Å²) in [5.41, 5.74) is 4.21. The van der Waals surface area contributed by atoms with Crippen molar-refractivity contribution < 1.29 is 13.2 Å². The fraction of sp³-hybridized carbons (Fsp3) is 0.257. The Balaban J connectivity index is 1.71. The number of benzene rings is 4. The molecule has 4 aromatic carbocycles. The van der Waals surface area contributed by atoms with E-state index in [0.29, 0.717) is 52.3 Å². The summed E-state index contributed by atoms with van der Waals surface area (Å²) in [4.78, 5) is 19.3. The summed E-state index contributed by atoms with van der Waals surface area (Å²) in [5, 5.41) is 0.455. The van der Waals surface area contributed by atoms with Crippen LogP contribution in [0.1, 0.15) is 48.0 Å². The standard InChI is InChI=1S/C35H37N3O4S/c1-6-42-30-18-16-29(17-19-30)38-34(36-32-15-11-10-14-31(32)35(38)39)27(5)37(21-20-28-12-8-7-9-13-28)43(40,41)33-25(3)22-24(2)23-26(33)4/h7-19,22-23,27H,6,20-21H2,1-5H3. The van der Waals surface area contributed by atoms with Crippen LogP contribution >= 0.6 is 0 Å². The second-order valence-corrected chi connectivity index (χ2v) is 12.6. The second-order valence-electron chi connectivity index (χ2n) is 10.8. The molecule has 0 saturated carbocycles. The van der Waals surface area contributed by atoms with E-state index >= 15 is 0 Å². The number of fused-ring (bicyclic) bond motifs is 1. The Hall–Kier alpha value is -4.27. The minimum absolute atomic E-state index is 0.201. The van der Waals surface area contributed by atoms with Crippen LogP contribution < -0.4 is 10.3 Å². The van der Waals surface area contributed by atoms with Gasteiger partial charge in [0.2, 0.25) is 10.0 Å². The third-order valence-electron chi connectivity index (χ3n) is 7.65. The number of rotatable bonds is 10. The second kappa shape index (κ2) is 12.5. The van der Waals surface area contributed by atoms with E-state index in [0.717, 1.165) is 11.1 Å². The molecule has 0 aliphatic rings. The van der Waals surface area contributed by atoms with Crippen molar-refractivity contribution in [2.45, 2.75) is 52.0 Å². The summed E-state index contributed by atoms with van der Waals surface area (Å²) in [6.45, 7) is 10.1. The molecule has 222 valence electrons. The molecule has 0 spiro atoms. The summed E-state index contributed by atoms with van der Waals surface area (Å²) < 4.78 is 37.9. The van der Waals surface area contributed by atoms with Crippen molar-refractivity contribution in [3.63, 3.8) is 0 Å². The van der Waals surface area contributed by atoms with Gasteiger partial charge in [-0.25, -0.2) is 13.4 Å². The maximum absolute atomic E-state index is 14.6. The Bertz CT molecular complexity index is 1890. The van der Waals surface area contributed by atoms with Crippen molar-refractivity contribution in [3.05, 3.63) is 129 Å². The Morgan fingerprint density at radius 2 is 1.51 bits per heavy atom. The summed E-state index contributed by atoms with van der Waals surface area (Å²) >= 11 is 0. The van der Waals surface area contributed by atoms with Crippen LogP contribution in [0.2, 0.25) is 0 Å². The molecule has 0 radical (unpaired) electrons. The van der Waals surface area contributed by atoms with Crippen LogP contribution in [0.3, 0.4) is 0 Å². The van der Waals surface area contributed by atoms with Crippen LogP contribution in [0.15, 0.2) is 101 Å². The van der Waals surface area contributed by atoms with Crippen molar-refractivity contribution >= 4 is 20.9 Å². The summed E-state index contributed by atoms with van der Waals surface area (Å²) in [7, 11) is -4.02. The van der Waals surface area contributed by atoms with Crippen molar-refractivity contribution in [1.29, 1.82) is 0 Å². The smallest absolute Gasteiger partial charge is 0.266 e. The van der Waals surface area contributed by atoms with Gasteiger partial charge in [0, 0.05) is 6.54 Å². The normalized spacial score (nSPS) is 12.5. The molecule has 1 aromatic heterocycles. The number of aryl methyl sites for hydroxylation is 3. The van der Waals surface area contributed by atoms with E-state index in [9.17, 15) is 13.2 Å². The molecule has 0 aliphatic carbocycles. The highest BCUT2D eigenvalue weighted by Gasteiger charge is 2.35. The highest BCUT2D eigenvalue weighted by Crippen LogP contribution is 2.32. The Kier molecular flexibility index (Phi) is 8.80. The van der Waals surface area contributed by atoms with Gasteiger partial charge in [0.15, 0.2) is 0 Å². The molecule has 5 rings (SSSR count). The molecule has 1 atom stereocenters. The molecular weight excluding hydrogens is 558 g/mol. The molecule has 1 unspecified atom stereocenters. The minimum Gasteiger partial charge on any atom is -0.494 e. The lowest BCUT2D eigenvalue weighted by molar-refractivity contribution is 0.329. The molecule has 8 heteroatoms. The highest BCUT2D eigenvalue weighted by atomic mass is 32.2. The number of hydrogen-bond acceptors (Lipinski definition) is 5. The molecule has 0 saturated heterocycles. The van der Waals surface area contributed by atoms with E-state index in [1.807, 2.05) is 83.1 Å². The number of para-hydroxylation sites is 1. The SMILES string of the molecule is CCOc1ccc(-n2c(C(C)N(CCc3ccccc3)S(=O)(=O)c3c(C)cc(C)cc3C)nc3ccccc3c2=O)cc1. The van der Waals surface area contributed by atoms with Crippen LogP contribution in [-0.2, 0) is 16.4 Å². The van der Waals surface area contributed by atoms with Gasteiger partial charge in [0.05, 0.1) is 34.1 Å². The monoisotopic (exact) mass is 595 g/mol. The molecule has 43 heavy (non-hydrogen) atoms. The number of sulfonamides is 1. The first-order valence-corrected chi connectivity index (χ1v) is 15.9. The van der Waals surface area contributed by atoms with Gasteiger partial charge < -0.3 is 4.74 Å². The van der Waals surface area contributed by atoms with Crippen LogP contribution in [-0.4, -0.2) is 35.4 Å². The largest absolute Gasteiger partial charge is 0.494 e. The van der Waals surface area contributed by atoms with Crippen LogP contribution in [0.25, 0.3) is 16.6 Å². The van der Waals surface area contributed by atoms with E-state index in [4.69, 9.17) is 9.72 Å². The first-order chi connectivity index (χ1) is 20.6. The topological polar surface area (TPSA) is 81.5 Å². The lowest BCUT2D eigenvalue weighted by atomic mass is 10.1. The Morgan fingerprint density at radius 1 is 0.884 bits per heavy atom. The van der Waals surface area contributed by atoms with E-state index in [1.165, 1.54) is 8.87 Å². The molecule has 0 amide bonds. The molecule has 1 heterocycles. The molecular formula is C35H37N3O4S. The molecule has 0 bridgehead atoms. The van der Waals surface area contributed by atoms with Crippen molar-refractivity contribution in [3.8, 4) is 11.4 Å². The predicted octanol–water partition coefficient (Wildman–Crippen LogP) is 6.70. The average Bonchev–Trinajstić information content (AvgIpc) is 2.97. The molecule has 5 aromatic rings. The molecule has 0 aliphatic heterocycles. The third-order valence-corrected chi connectivity index (χ3v) is 9.92. The van der Waals surface area contributed by atoms with E-state index in [2.05, 4.69) is 0 Å². The van der Waals surface area contributed by atoms with Gasteiger partial charge in [-0.05, 0) is 94.1 Å². The number of aromatic nitrogens is 2. The average molecular weight is 596 g/mol. The Morgan fingerprint density at radius 3 is 2.16 bits per heavy atom. The van der Waals surface area contributed by atoms with E-state index in [-0.39, 0.29) is 17.0 Å². The lowest BCUT2D eigenvalue weighted by Crippen LogP contribution is -2.39. The van der Waals surface area contributed by atoms with E-state index < -0.39 is 16.1 Å². The van der Waals surface area contributed by atoms with E-state index in [1.54, 1.807) is 42.5 Å². The van der Waals surface area contributed by atoms with Gasteiger partial charge >= 0.3 is 0 Å². The van der Waals surface area contributed by atoms with Gasteiger partial charge in [0.1, 0.15) is 11.6 Å². The first kappa shape index (κ1) is 30.2. The molecule has 0 fully saturated rings. The maximum atomic E-state index is 14.6. The fourth-order valence-electron chi connectivity index (χ4n) is 5.76. The third kappa shape index (κ3) is 6.12. The summed E-state index contributed by atoms with van der Waals surface area (Å²) in [6, 6.07) is 27.2. The van der Waals surface area contributed by atoms with Gasteiger partial charge in [-0.1, -0.05) is 60.2 Å². The minimum atomic E-state index is -4.02. The number of hydrogen-bond donors (Lipinski definition) is 0. The van der Waals surface area contributed by atoms with Crippen LogP contribution in [0.4, 0.5) is 0 Å². The molecule has 0 N–H and O–H groups in total. The van der Waals surface area contributed by atoms with Crippen molar-refractivity contribution in [1.82, 2.24) is 13.9 Å². The van der Waals surface area contributed by atoms with Gasteiger partial charge in [-0.2, -0.15) is 4.31 Å². The fourth-order valence-corrected chi connectivity index (χ4v) is 7.77. The zero-order chi connectivity index (χ0) is 30.7. The number of ether oxygens (including phenoxy) is 1. The summed E-state index contributed by atoms with van der Waals surface area (Å²) in [5.74, 6) is 1.02. The van der Waals surface area contributed by atoms with Crippen LogP contribution in [0.5, 0.6) is 5.75 Å². The Labute approximate surface area is 253 Å². The zero-order valence-electron chi connectivity index (χ0n) is 25.2. The number of nitrogens with zero attached hydrogens (tertiary/aromatic N) is 3. The van der Waals surface area contributed by atoms with Gasteiger partial charge in [-0.15, -0.1) is 0 Å². The van der Waals surface area contributed by atoms with Crippen LogP contribution in [0, 0.1) is 20.8 Å². The lowest BCUT2D eigenvalue weighted by Gasteiger charge is -2.31. The van der Waals surface area contributed by atoms with Gasteiger partial charge in [-0.3, -0.25) is 9.36 Å². The van der Waals surface area contributed by atoms with Crippen molar-refractivity contribution in [2.75, 3.05) is 13.2 Å². The molecule has 7 nitrogen and oxygen atoms in total. The first-order valence-electron chi connectivity index (χ1n) is 14.5.